The summed E-state index contributed by atoms with van der Waals surface area (Å²) in [6.07, 6.45) is 3.14. The van der Waals surface area contributed by atoms with Gasteiger partial charge < -0.3 is 0 Å². The lowest BCUT2D eigenvalue weighted by Crippen LogP contribution is -2.12. The van der Waals surface area contributed by atoms with Crippen LogP contribution in [0.15, 0.2) is 46.2 Å². The third-order valence-electron chi connectivity index (χ3n) is 4.51. The van der Waals surface area contributed by atoms with Crippen LogP contribution in [0.25, 0.3) is 22.8 Å². The molecule has 0 bridgehead atoms. The molecule has 0 fully saturated rings. The zero-order chi connectivity index (χ0) is 23.5. The molecule has 0 saturated heterocycles. The smallest absolute Gasteiger partial charge is 0.280 e. The second-order valence-corrected chi connectivity index (χ2v) is 12.0. The summed E-state index contributed by atoms with van der Waals surface area (Å²) in [5, 5.41) is 0. The molecule has 4 aromatic rings. The van der Waals surface area contributed by atoms with Crippen LogP contribution in [-0.2, 0) is 25.7 Å². The molecule has 0 saturated carbocycles. The number of hydrogen-bond acceptors (Lipinski definition) is 7. The van der Waals surface area contributed by atoms with Crippen LogP contribution in [-0.4, -0.2) is 54.6 Å². The second kappa shape index (κ2) is 7.27. The van der Waals surface area contributed by atoms with Crippen LogP contribution in [0.1, 0.15) is 12.6 Å². The van der Waals surface area contributed by atoms with Crippen molar-refractivity contribution in [3.8, 4) is 11.4 Å². The van der Waals surface area contributed by atoms with Crippen molar-refractivity contribution in [2.45, 2.75) is 18.0 Å². The molecule has 170 valence electrons. The summed E-state index contributed by atoms with van der Waals surface area (Å²) >= 11 is 0. The number of sulfone groups is 1. The maximum Gasteiger partial charge on any atom is 0.431 e. The highest BCUT2D eigenvalue weighted by Crippen LogP contribution is 2.33. The summed E-state index contributed by atoms with van der Waals surface area (Å²) in [5.41, 5.74) is -0.951. The molecule has 0 amide bonds. The van der Waals surface area contributed by atoms with Crippen molar-refractivity contribution in [2.75, 3.05) is 18.3 Å². The third kappa shape index (κ3) is 3.95. The molecule has 4 aromatic heterocycles. The van der Waals surface area contributed by atoms with Gasteiger partial charge in [0.25, 0.3) is 0 Å². The molecule has 0 radical (unpaired) electrons. The normalized spacial score (nSPS) is 13.2. The zero-order valence-electron chi connectivity index (χ0n) is 17.0. The lowest BCUT2D eigenvalue weighted by molar-refractivity contribution is -0.142. The molecule has 0 spiro atoms. The fourth-order valence-corrected chi connectivity index (χ4v) is 4.84. The first kappa shape index (κ1) is 22.2. The Morgan fingerprint density at radius 2 is 1.81 bits per heavy atom. The van der Waals surface area contributed by atoms with Crippen LogP contribution < -0.4 is 0 Å². The highest BCUT2D eigenvalue weighted by atomic mass is 32.2. The molecule has 0 aliphatic rings. The Morgan fingerprint density at radius 3 is 2.44 bits per heavy atom. The third-order valence-corrected chi connectivity index (χ3v) is 6.90. The van der Waals surface area contributed by atoms with Gasteiger partial charge in [-0.15, -0.1) is 0 Å². The van der Waals surface area contributed by atoms with Gasteiger partial charge in [0.2, 0.25) is 5.78 Å². The molecule has 0 atom stereocenters. The lowest BCUT2D eigenvalue weighted by atomic mass is 10.3. The fourth-order valence-electron chi connectivity index (χ4n) is 3.17. The van der Waals surface area contributed by atoms with Crippen molar-refractivity contribution in [3.05, 3.63) is 42.6 Å². The van der Waals surface area contributed by atoms with E-state index >= 15 is 0 Å². The van der Waals surface area contributed by atoms with Gasteiger partial charge in [-0.3, -0.25) is 13.8 Å². The van der Waals surface area contributed by atoms with Crippen molar-refractivity contribution >= 4 is 36.7 Å². The number of nitrogens with zero attached hydrogens (tertiary/aromatic N) is 6. The lowest BCUT2D eigenvalue weighted by Gasteiger charge is -2.10. The molecule has 4 heterocycles. The number of aromatic nitrogens is 5. The molecule has 0 N–H and O–H groups in total. The highest BCUT2D eigenvalue weighted by Gasteiger charge is 2.35. The Bertz CT molecular complexity index is 1590. The van der Waals surface area contributed by atoms with Gasteiger partial charge in [-0.25, -0.2) is 22.6 Å². The highest BCUT2D eigenvalue weighted by molar-refractivity contribution is 7.92. The van der Waals surface area contributed by atoms with E-state index in [9.17, 15) is 25.8 Å². The van der Waals surface area contributed by atoms with E-state index in [1.165, 1.54) is 54.7 Å². The molecule has 0 aliphatic heterocycles. The number of imidazole rings is 2. The Morgan fingerprint density at radius 1 is 1.09 bits per heavy atom. The van der Waals surface area contributed by atoms with Crippen LogP contribution in [0.5, 0.6) is 0 Å². The maximum absolute atomic E-state index is 13.5. The predicted molar refractivity (Wildman–Crippen MR) is 112 cm³/mol. The van der Waals surface area contributed by atoms with E-state index in [0.29, 0.717) is 0 Å². The van der Waals surface area contributed by atoms with Gasteiger partial charge in [0.05, 0.1) is 22.5 Å². The molecular weight excluding hydrogens is 469 g/mol. The minimum absolute atomic E-state index is 0.0431. The van der Waals surface area contributed by atoms with Crippen LogP contribution >= 0.6 is 0 Å². The number of fused-ring (bicyclic) bond motifs is 3. The SMILES string of the molecule is CCS(=O)(=O)c1cc(N=S(C)(C)=O)cnc1-c1cn2c(cc(C(F)(F)F)n3ccnc32)n1. The van der Waals surface area contributed by atoms with E-state index in [0.717, 1.165) is 10.5 Å². The summed E-state index contributed by atoms with van der Waals surface area (Å²) < 4.78 is 84.1. The monoisotopic (exact) mass is 486 g/mol. The molecule has 0 aliphatic carbocycles. The molecule has 4 rings (SSSR count). The van der Waals surface area contributed by atoms with Crippen LogP contribution in [0.3, 0.4) is 0 Å². The topological polar surface area (TPSA) is 111 Å². The van der Waals surface area contributed by atoms with Gasteiger partial charge in [-0.05, 0) is 6.07 Å². The van der Waals surface area contributed by atoms with Gasteiger partial charge in [0.15, 0.2) is 9.84 Å². The first-order valence-electron chi connectivity index (χ1n) is 9.13. The van der Waals surface area contributed by atoms with Crippen molar-refractivity contribution in [3.63, 3.8) is 0 Å². The number of halogens is 3. The molecule has 14 heteroatoms. The van der Waals surface area contributed by atoms with Gasteiger partial charge in [-0.1, -0.05) is 6.92 Å². The van der Waals surface area contributed by atoms with Gasteiger partial charge in [0.1, 0.15) is 22.7 Å². The minimum Gasteiger partial charge on any atom is -0.280 e. The van der Waals surface area contributed by atoms with E-state index in [2.05, 4.69) is 19.3 Å². The number of alkyl halides is 3. The average Bonchev–Trinajstić information content (AvgIpc) is 3.31. The van der Waals surface area contributed by atoms with Crippen molar-refractivity contribution in [2.24, 2.45) is 4.36 Å². The van der Waals surface area contributed by atoms with Gasteiger partial charge in [-0.2, -0.15) is 17.5 Å². The Hall–Kier alpha value is -3.00. The fraction of sp³-hybridized carbons (Fsp3) is 0.278. The van der Waals surface area contributed by atoms with Gasteiger partial charge in [0, 0.05) is 46.9 Å². The van der Waals surface area contributed by atoms with Crippen LogP contribution in [0.2, 0.25) is 0 Å². The van der Waals surface area contributed by atoms with Crippen LogP contribution in [0.4, 0.5) is 18.9 Å². The van der Waals surface area contributed by atoms with Crippen molar-refractivity contribution < 1.29 is 25.8 Å². The predicted octanol–water partition coefficient (Wildman–Crippen LogP) is 3.22. The molecular formula is C18H17F3N6O3S2. The summed E-state index contributed by atoms with van der Waals surface area (Å²) in [4.78, 5) is 12.1. The first-order valence-corrected chi connectivity index (χ1v) is 13.1. The Labute approximate surface area is 181 Å². The quantitative estimate of drug-likeness (QED) is 0.438. The molecule has 0 unspecified atom stereocenters. The Kier molecular flexibility index (Phi) is 5.04. The minimum atomic E-state index is -4.65. The zero-order valence-corrected chi connectivity index (χ0v) is 18.7. The number of hydrogen-bond donors (Lipinski definition) is 0. The summed E-state index contributed by atoms with van der Waals surface area (Å²) in [6, 6.07) is 2.09. The maximum atomic E-state index is 13.5. The van der Waals surface area contributed by atoms with E-state index in [1.807, 2.05) is 0 Å². The molecule has 32 heavy (non-hydrogen) atoms. The standard InChI is InChI=1S/C18H17F3N6O3S2/c1-4-32(29,30)13-7-11(25-31(2,3)28)9-23-16(13)12-10-27-15(24-12)8-14(18(19,20)21)26-6-5-22-17(26)27/h5-10H,4H2,1-3H3. The Balaban J connectivity index is 2.01. The van der Waals surface area contributed by atoms with Gasteiger partial charge >= 0.3 is 6.18 Å². The molecule has 9 nitrogen and oxygen atoms in total. The first-order chi connectivity index (χ1) is 14.8. The number of pyridine rings is 1. The van der Waals surface area contributed by atoms with E-state index < -0.39 is 31.4 Å². The van der Waals surface area contributed by atoms with Crippen molar-refractivity contribution in [1.29, 1.82) is 0 Å². The van der Waals surface area contributed by atoms with Crippen LogP contribution in [0, 0.1) is 0 Å². The average molecular weight is 487 g/mol. The van der Waals surface area contributed by atoms with Crippen molar-refractivity contribution in [1.82, 2.24) is 23.8 Å². The number of rotatable bonds is 4. The van der Waals surface area contributed by atoms with E-state index in [4.69, 9.17) is 0 Å². The molecule has 0 aromatic carbocycles. The summed E-state index contributed by atoms with van der Waals surface area (Å²) in [7, 11) is -6.40. The van der Waals surface area contributed by atoms with E-state index in [1.54, 1.807) is 0 Å². The second-order valence-electron chi connectivity index (χ2n) is 7.20. The largest absolute Gasteiger partial charge is 0.431 e. The summed E-state index contributed by atoms with van der Waals surface area (Å²) in [6.45, 7) is 1.44. The van der Waals surface area contributed by atoms with E-state index in [-0.39, 0.29) is 39.1 Å². The summed E-state index contributed by atoms with van der Waals surface area (Å²) in [5.74, 6) is -0.300.